The molecule has 0 saturated heterocycles. The number of rotatable bonds is 5. The smallest absolute Gasteiger partial charge is 0.129 e. The number of hydrogen-bond acceptors (Lipinski definition) is 1. The highest BCUT2D eigenvalue weighted by molar-refractivity contribution is 6.83. The third-order valence-electron chi connectivity index (χ3n) is 1.88. The highest BCUT2D eigenvalue weighted by Gasteiger charge is 2.06. The summed E-state index contributed by atoms with van der Waals surface area (Å²) in [4.78, 5) is 10.2. The number of unbranched alkanes of at least 4 members (excludes halogenated alkanes) is 1. The average molecular weight is 222 g/mol. The summed E-state index contributed by atoms with van der Waals surface area (Å²) in [6.07, 6.45) is 6.67. The zero-order valence-electron chi connectivity index (χ0n) is 10.4. The van der Waals surface area contributed by atoms with Crippen LogP contribution in [0.4, 0.5) is 0 Å². The fraction of sp³-hybridized carbons (Fsp3) is 0.615. The lowest BCUT2D eigenvalue weighted by atomic mass is 10.1. The topological polar surface area (TPSA) is 17.1 Å². The zero-order chi connectivity index (χ0) is 11.7. The maximum Gasteiger partial charge on any atom is 0.129 e. The summed E-state index contributed by atoms with van der Waals surface area (Å²) < 4.78 is 0. The highest BCUT2D eigenvalue weighted by Crippen LogP contribution is 2.05. The van der Waals surface area contributed by atoms with Crippen molar-refractivity contribution in [3.8, 4) is 11.5 Å². The molecule has 0 aliphatic rings. The first-order valence-corrected chi connectivity index (χ1v) is 9.05. The van der Waals surface area contributed by atoms with Gasteiger partial charge in [0.2, 0.25) is 0 Å². The van der Waals surface area contributed by atoms with Crippen LogP contribution in [0.5, 0.6) is 0 Å². The minimum absolute atomic E-state index is 0.642. The third-order valence-corrected chi connectivity index (χ3v) is 2.81. The van der Waals surface area contributed by atoms with E-state index in [1.54, 1.807) is 0 Å². The molecule has 0 radical (unpaired) electrons. The van der Waals surface area contributed by atoms with Crippen molar-refractivity contribution in [1.82, 2.24) is 0 Å². The summed E-state index contributed by atoms with van der Waals surface area (Å²) in [6.45, 7) is 8.84. The Kier molecular flexibility index (Phi) is 7.07. The summed E-state index contributed by atoms with van der Waals surface area (Å²) in [5, 5.41) is 0. The van der Waals surface area contributed by atoms with Crippen LogP contribution in [0.2, 0.25) is 19.6 Å². The highest BCUT2D eigenvalue weighted by atomic mass is 28.3. The van der Waals surface area contributed by atoms with Gasteiger partial charge >= 0.3 is 0 Å². The van der Waals surface area contributed by atoms with Gasteiger partial charge in [-0.15, -0.1) is 11.5 Å². The number of carbonyl (C=O) groups is 1. The first kappa shape index (κ1) is 14.2. The standard InChI is InChI=1S/C13H22OSi/c1-13(10-8-11-14)9-6-5-7-12-15(2,3)4/h9,11H,5-6,8,10H2,1-4H3/b13-9+. The Morgan fingerprint density at radius 2 is 1.93 bits per heavy atom. The van der Waals surface area contributed by atoms with Gasteiger partial charge in [-0.1, -0.05) is 31.3 Å². The van der Waals surface area contributed by atoms with Crippen LogP contribution in [-0.4, -0.2) is 14.4 Å². The first-order chi connectivity index (χ1) is 6.95. The molecule has 2 heteroatoms. The van der Waals surface area contributed by atoms with Gasteiger partial charge in [0.25, 0.3) is 0 Å². The van der Waals surface area contributed by atoms with Gasteiger partial charge in [0.05, 0.1) is 0 Å². The molecule has 0 aliphatic heterocycles. The molecular formula is C13H22OSi. The van der Waals surface area contributed by atoms with Gasteiger partial charge in [-0.3, -0.25) is 0 Å². The van der Waals surface area contributed by atoms with E-state index in [1.807, 2.05) is 0 Å². The van der Waals surface area contributed by atoms with Gasteiger partial charge in [-0.2, -0.15) is 0 Å². The Morgan fingerprint density at radius 3 is 2.47 bits per heavy atom. The molecule has 0 bridgehead atoms. The Bertz CT molecular complexity index is 273. The van der Waals surface area contributed by atoms with Crippen LogP contribution < -0.4 is 0 Å². The second kappa shape index (κ2) is 7.47. The Labute approximate surface area is 95.0 Å². The molecule has 0 heterocycles. The Morgan fingerprint density at radius 1 is 1.27 bits per heavy atom. The molecule has 0 saturated carbocycles. The molecular weight excluding hydrogens is 200 g/mol. The monoisotopic (exact) mass is 222 g/mol. The van der Waals surface area contributed by atoms with E-state index in [2.05, 4.69) is 44.1 Å². The molecule has 84 valence electrons. The lowest BCUT2D eigenvalue weighted by molar-refractivity contribution is -0.107. The molecule has 0 spiro atoms. The Balaban J connectivity index is 3.77. The van der Waals surface area contributed by atoms with Crippen molar-refractivity contribution < 1.29 is 4.79 Å². The average Bonchev–Trinajstić information content (AvgIpc) is 2.12. The molecule has 0 unspecified atom stereocenters. The van der Waals surface area contributed by atoms with Crippen molar-refractivity contribution >= 4 is 14.4 Å². The van der Waals surface area contributed by atoms with E-state index < -0.39 is 8.07 Å². The van der Waals surface area contributed by atoms with Crippen molar-refractivity contribution in [2.45, 2.75) is 52.2 Å². The van der Waals surface area contributed by atoms with E-state index in [-0.39, 0.29) is 0 Å². The SMILES string of the molecule is C/C(=C\CCC#C[Si](C)(C)C)CCC=O. The second-order valence-corrected chi connectivity index (χ2v) is 9.60. The van der Waals surface area contributed by atoms with Gasteiger partial charge in [-0.05, 0) is 19.8 Å². The van der Waals surface area contributed by atoms with Crippen LogP contribution in [0.1, 0.15) is 32.6 Å². The van der Waals surface area contributed by atoms with Gasteiger partial charge < -0.3 is 4.79 Å². The molecule has 0 fully saturated rings. The van der Waals surface area contributed by atoms with E-state index in [4.69, 9.17) is 0 Å². The van der Waals surface area contributed by atoms with Crippen LogP contribution in [0.3, 0.4) is 0 Å². The normalized spacial score (nSPS) is 11.9. The fourth-order valence-corrected chi connectivity index (χ4v) is 1.76. The summed E-state index contributed by atoms with van der Waals surface area (Å²) in [6, 6.07) is 0. The van der Waals surface area contributed by atoms with Crippen LogP contribution in [0.15, 0.2) is 11.6 Å². The van der Waals surface area contributed by atoms with Crippen molar-refractivity contribution in [1.29, 1.82) is 0 Å². The predicted octanol–water partition coefficient (Wildman–Crippen LogP) is 3.57. The van der Waals surface area contributed by atoms with Crippen LogP contribution in [-0.2, 0) is 4.79 Å². The van der Waals surface area contributed by atoms with Crippen LogP contribution >= 0.6 is 0 Å². The van der Waals surface area contributed by atoms with E-state index in [0.717, 1.165) is 25.5 Å². The van der Waals surface area contributed by atoms with E-state index in [1.165, 1.54) is 5.57 Å². The molecule has 0 N–H and O–H groups in total. The molecule has 0 aromatic carbocycles. The molecule has 1 nitrogen and oxygen atoms in total. The number of hydrogen-bond donors (Lipinski definition) is 0. The van der Waals surface area contributed by atoms with Gasteiger partial charge in [0, 0.05) is 12.8 Å². The van der Waals surface area contributed by atoms with Crippen molar-refractivity contribution in [3.05, 3.63) is 11.6 Å². The zero-order valence-corrected chi connectivity index (χ0v) is 11.4. The van der Waals surface area contributed by atoms with E-state index in [9.17, 15) is 4.79 Å². The van der Waals surface area contributed by atoms with Crippen molar-refractivity contribution in [2.24, 2.45) is 0 Å². The summed E-state index contributed by atoms with van der Waals surface area (Å²) in [5.41, 5.74) is 4.64. The molecule has 15 heavy (non-hydrogen) atoms. The molecule has 0 rings (SSSR count). The first-order valence-electron chi connectivity index (χ1n) is 5.55. The van der Waals surface area contributed by atoms with Gasteiger partial charge in [-0.25, -0.2) is 0 Å². The summed E-state index contributed by atoms with van der Waals surface area (Å²) in [7, 11) is -1.18. The van der Waals surface area contributed by atoms with E-state index >= 15 is 0 Å². The molecule has 0 amide bonds. The van der Waals surface area contributed by atoms with Crippen molar-refractivity contribution in [2.75, 3.05) is 0 Å². The predicted molar refractivity (Wildman–Crippen MR) is 69.4 cm³/mol. The van der Waals surface area contributed by atoms with Gasteiger partial charge in [0.15, 0.2) is 0 Å². The minimum Gasteiger partial charge on any atom is -0.303 e. The van der Waals surface area contributed by atoms with Crippen molar-refractivity contribution in [3.63, 3.8) is 0 Å². The minimum atomic E-state index is -1.18. The van der Waals surface area contributed by atoms with E-state index in [0.29, 0.717) is 6.42 Å². The summed E-state index contributed by atoms with van der Waals surface area (Å²) >= 11 is 0. The summed E-state index contributed by atoms with van der Waals surface area (Å²) in [5.74, 6) is 3.23. The molecule has 0 aromatic rings. The lowest BCUT2D eigenvalue weighted by Crippen LogP contribution is -2.16. The number of allylic oxidation sites excluding steroid dienone is 2. The van der Waals surface area contributed by atoms with Crippen LogP contribution in [0, 0.1) is 11.5 Å². The number of aldehydes is 1. The third kappa shape index (κ3) is 11.1. The largest absolute Gasteiger partial charge is 0.303 e. The quantitative estimate of drug-likeness (QED) is 0.228. The second-order valence-electron chi connectivity index (χ2n) is 4.85. The van der Waals surface area contributed by atoms with Gasteiger partial charge in [0.1, 0.15) is 14.4 Å². The lowest BCUT2D eigenvalue weighted by Gasteiger charge is -2.02. The Hall–Kier alpha value is -0.813. The maximum atomic E-state index is 10.2. The molecule has 0 atom stereocenters. The molecule has 0 aromatic heterocycles. The molecule has 0 aliphatic carbocycles. The van der Waals surface area contributed by atoms with Crippen LogP contribution in [0.25, 0.3) is 0 Å². The number of carbonyl (C=O) groups excluding carboxylic acids is 1. The fourth-order valence-electron chi connectivity index (χ4n) is 1.11. The maximum absolute atomic E-state index is 10.2.